The summed E-state index contributed by atoms with van der Waals surface area (Å²) in [5.41, 5.74) is 0.245. The molecule has 5 nitrogen and oxygen atoms in total. The molecule has 0 unspecified atom stereocenters. The molecule has 1 aromatic carbocycles. The minimum Gasteiger partial charge on any atom is -0.264 e. The van der Waals surface area contributed by atoms with Crippen LogP contribution in [0.15, 0.2) is 21.4 Å². The Labute approximate surface area is 109 Å². The Balaban J connectivity index is 2.80. The van der Waals surface area contributed by atoms with E-state index in [-0.39, 0.29) is 21.4 Å². The van der Waals surface area contributed by atoms with Crippen molar-refractivity contribution in [3.63, 3.8) is 0 Å². The normalized spacial score (nSPS) is 17.6. The molecule has 0 amide bonds. The Morgan fingerprint density at radius 1 is 1.41 bits per heavy atom. The summed E-state index contributed by atoms with van der Waals surface area (Å²) in [7, 11) is -3.81. The van der Waals surface area contributed by atoms with Crippen LogP contribution in [0.5, 0.6) is 0 Å². The van der Waals surface area contributed by atoms with Gasteiger partial charge in [0.15, 0.2) is 0 Å². The number of hydrazine groups is 1. The van der Waals surface area contributed by atoms with Crippen LogP contribution in [-0.4, -0.2) is 14.3 Å². The lowest BCUT2D eigenvalue weighted by molar-refractivity contribution is 0.596. The first kappa shape index (κ1) is 12.6. The summed E-state index contributed by atoms with van der Waals surface area (Å²) in [6, 6.07) is 2.80. The molecule has 2 N–H and O–H groups in total. The van der Waals surface area contributed by atoms with Crippen LogP contribution < -0.4 is 10.9 Å². The molecule has 1 aromatic rings. The number of hydrogen-bond acceptors (Lipinski definition) is 4. The number of nitrogens with zero attached hydrogens (tertiary/aromatic N) is 2. The van der Waals surface area contributed by atoms with E-state index in [4.69, 9.17) is 29.0 Å². The quantitative estimate of drug-likeness (QED) is 0.805. The third kappa shape index (κ3) is 2.01. The standard InChI is InChI=1S/C9H9Cl2N3O2S/c1-2-8-13-17(15,16)9-6(11)3-5(10)4-7(9)14(8)12/h3-4H,2,12H2,1H3. The molecule has 0 radical (unpaired) electrons. The molecule has 0 aliphatic carbocycles. The summed E-state index contributed by atoms with van der Waals surface area (Å²) in [4.78, 5) is -0.108. The molecule has 0 aromatic heterocycles. The second-order valence-electron chi connectivity index (χ2n) is 3.44. The van der Waals surface area contributed by atoms with E-state index in [2.05, 4.69) is 4.40 Å². The van der Waals surface area contributed by atoms with Gasteiger partial charge in [0.05, 0.1) is 10.7 Å². The van der Waals surface area contributed by atoms with Crippen LogP contribution in [0.3, 0.4) is 0 Å². The Morgan fingerprint density at radius 3 is 2.65 bits per heavy atom. The molecule has 0 saturated carbocycles. The Hall–Kier alpha value is -0.820. The number of anilines is 1. The molecule has 17 heavy (non-hydrogen) atoms. The maximum atomic E-state index is 11.9. The smallest absolute Gasteiger partial charge is 0.264 e. The average Bonchev–Trinajstić information content (AvgIpc) is 2.21. The van der Waals surface area contributed by atoms with Crippen LogP contribution in [0.4, 0.5) is 5.69 Å². The number of sulfonamides is 1. The molecule has 0 fully saturated rings. The van der Waals surface area contributed by atoms with Crippen LogP contribution >= 0.6 is 23.2 Å². The molecule has 2 rings (SSSR count). The lowest BCUT2D eigenvalue weighted by Gasteiger charge is -2.26. The SMILES string of the molecule is CCC1=NS(=O)(=O)c2c(Cl)cc(Cl)cc2N1N. The van der Waals surface area contributed by atoms with E-state index in [1.807, 2.05) is 0 Å². The van der Waals surface area contributed by atoms with Crippen LogP contribution in [0, 0.1) is 0 Å². The highest BCUT2D eigenvalue weighted by Gasteiger charge is 2.31. The maximum Gasteiger partial charge on any atom is 0.287 e. The highest BCUT2D eigenvalue weighted by Crippen LogP contribution is 2.38. The molecule has 0 atom stereocenters. The van der Waals surface area contributed by atoms with Crippen LogP contribution in [0.1, 0.15) is 13.3 Å². The van der Waals surface area contributed by atoms with E-state index in [0.29, 0.717) is 11.4 Å². The molecule has 0 bridgehead atoms. The van der Waals surface area contributed by atoms with Crippen LogP contribution in [0.25, 0.3) is 0 Å². The molecule has 0 saturated heterocycles. The second kappa shape index (κ2) is 4.13. The lowest BCUT2D eigenvalue weighted by atomic mass is 10.3. The molecule has 0 spiro atoms. The van der Waals surface area contributed by atoms with Gasteiger partial charge in [0.25, 0.3) is 10.0 Å². The summed E-state index contributed by atoms with van der Waals surface area (Å²) in [5.74, 6) is 6.03. The number of nitrogens with two attached hydrogens (primary N) is 1. The van der Waals surface area contributed by atoms with Gasteiger partial charge in [-0.2, -0.15) is 8.42 Å². The van der Waals surface area contributed by atoms with Gasteiger partial charge in [-0.1, -0.05) is 30.1 Å². The molecule has 1 aliphatic rings. The van der Waals surface area contributed by atoms with Gasteiger partial charge in [-0.05, 0) is 12.1 Å². The summed E-state index contributed by atoms with van der Waals surface area (Å²) < 4.78 is 27.5. The molecule has 92 valence electrons. The molecule has 1 heterocycles. The van der Waals surface area contributed by atoms with Crippen molar-refractivity contribution >= 4 is 44.7 Å². The number of benzene rings is 1. The first-order valence-electron chi connectivity index (χ1n) is 4.74. The van der Waals surface area contributed by atoms with Gasteiger partial charge in [-0.15, -0.1) is 4.40 Å². The van der Waals surface area contributed by atoms with E-state index >= 15 is 0 Å². The van der Waals surface area contributed by atoms with Crippen LogP contribution in [0.2, 0.25) is 10.0 Å². The topological polar surface area (TPSA) is 75.8 Å². The van der Waals surface area contributed by atoms with Gasteiger partial charge in [0.1, 0.15) is 10.7 Å². The summed E-state index contributed by atoms with van der Waals surface area (Å²) in [5, 5.41) is 1.52. The zero-order valence-electron chi connectivity index (χ0n) is 8.81. The highest BCUT2D eigenvalue weighted by atomic mass is 35.5. The third-order valence-corrected chi connectivity index (χ3v) is 4.35. The van der Waals surface area contributed by atoms with Crippen molar-refractivity contribution in [2.75, 3.05) is 5.01 Å². The van der Waals surface area contributed by atoms with Crippen molar-refractivity contribution in [2.45, 2.75) is 18.2 Å². The number of fused-ring (bicyclic) bond motifs is 1. The Morgan fingerprint density at radius 2 is 2.06 bits per heavy atom. The van der Waals surface area contributed by atoms with Gasteiger partial charge < -0.3 is 0 Å². The summed E-state index contributed by atoms with van der Waals surface area (Å²) in [6.45, 7) is 1.76. The van der Waals surface area contributed by atoms with Crippen molar-refractivity contribution in [3.05, 3.63) is 22.2 Å². The minimum atomic E-state index is -3.81. The molecule has 1 aliphatic heterocycles. The monoisotopic (exact) mass is 293 g/mol. The van der Waals surface area contributed by atoms with Gasteiger partial charge in [0, 0.05) is 11.4 Å². The number of halogens is 2. The van der Waals surface area contributed by atoms with Crippen molar-refractivity contribution in [2.24, 2.45) is 10.2 Å². The Bertz CT molecular complexity index is 613. The zero-order valence-corrected chi connectivity index (χ0v) is 11.1. The van der Waals surface area contributed by atoms with Gasteiger partial charge in [-0.25, -0.2) is 5.84 Å². The maximum absolute atomic E-state index is 11.9. The second-order valence-corrected chi connectivity index (χ2v) is 5.83. The lowest BCUT2D eigenvalue weighted by Crippen LogP contribution is -2.41. The van der Waals surface area contributed by atoms with Gasteiger partial charge in [0.2, 0.25) is 0 Å². The zero-order chi connectivity index (χ0) is 12.8. The van der Waals surface area contributed by atoms with E-state index in [9.17, 15) is 8.42 Å². The number of amidine groups is 1. The molecular formula is C9H9Cl2N3O2S. The predicted octanol–water partition coefficient (Wildman–Crippen LogP) is 2.18. The van der Waals surface area contributed by atoms with Crippen LogP contribution in [-0.2, 0) is 10.0 Å². The largest absolute Gasteiger partial charge is 0.287 e. The first-order chi connectivity index (χ1) is 7.86. The van der Waals surface area contributed by atoms with Crippen molar-refractivity contribution in [1.29, 1.82) is 0 Å². The molecule has 8 heteroatoms. The van der Waals surface area contributed by atoms with E-state index in [0.717, 1.165) is 0 Å². The number of hydrogen-bond donors (Lipinski definition) is 1. The van der Waals surface area contributed by atoms with E-state index in [1.54, 1.807) is 6.92 Å². The summed E-state index contributed by atoms with van der Waals surface area (Å²) >= 11 is 11.7. The van der Waals surface area contributed by atoms with Gasteiger partial charge >= 0.3 is 0 Å². The van der Waals surface area contributed by atoms with Crippen molar-refractivity contribution in [1.82, 2.24) is 0 Å². The van der Waals surface area contributed by atoms with E-state index in [1.165, 1.54) is 17.1 Å². The average molecular weight is 294 g/mol. The summed E-state index contributed by atoms with van der Waals surface area (Å²) in [6.07, 6.45) is 0.388. The Kier molecular flexibility index (Phi) is 3.07. The first-order valence-corrected chi connectivity index (χ1v) is 6.94. The fourth-order valence-electron chi connectivity index (χ4n) is 1.58. The predicted molar refractivity (Wildman–Crippen MR) is 68.0 cm³/mol. The fraction of sp³-hybridized carbons (Fsp3) is 0.222. The highest BCUT2D eigenvalue weighted by molar-refractivity contribution is 7.90. The van der Waals surface area contributed by atoms with Crippen molar-refractivity contribution in [3.8, 4) is 0 Å². The molecular weight excluding hydrogens is 285 g/mol. The van der Waals surface area contributed by atoms with Gasteiger partial charge in [-0.3, -0.25) is 5.01 Å². The van der Waals surface area contributed by atoms with Crippen molar-refractivity contribution < 1.29 is 8.42 Å². The number of rotatable bonds is 1. The fourth-order valence-corrected chi connectivity index (χ4v) is 3.67. The van der Waals surface area contributed by atoms with E-state index < -0.39 is 10.0 Å². The third-order valence-electron chi connectivity index (χ3n) is 2.33. The minimum absolute atomic E-state index is 0.0156.